The summed E-state index contributed by atoms with van der Waals surface area (Å²) in [4.78, 5) is 0. The van der Waals surface area contributed by atoms with E-state index in [0.29, 0.717) is 11.8 Å². The Labute approximate surface area is 213 Å². The molecule has 1 saturated carbocycles. The lowest BCUT2D eigenvalue weighted by molar-refractivity contribution is 0.0983. The maximum atomic E-state index is 6.68. The van der Waals surface area contributed by atoms with Gasteiger partial charge in [-0.1, -0.05) is 93.3 Å². The van der Waals surface area contributed by atoms with E-state index in [0.717, 1.165) is 41.8 Å². The van der Waals surface area contributed by atoms with Gasteiger partial charge in [0.1, 0.15) is 11.5 Å². The normalized spacial score (nSPS) is 20.6. The van der Waals surface area contributed by atoms with Gasteiger partial charge in [0, 0.05) is 17.0 Å². The van der Waals surface area contributed by atoms with Crippen LogP contribution < -0.4 is 9.47 Å². The van der Waals surface area contributed by atoms with Crippen LogP contribution in [-0.4, -0.2) is 14.5 Å². The Morgan fingerprint density at radius 2 is 1.20 bits per heavy atom. The smallest absolute Gasteiger partial charge is 0.127 e. The molecule has 0 N–H and O–H groups in total. The van der Waals surface area contributed by atoms with Crippen molar-refractivity contribution in [3.8, 4) is 22.6 Å². The van der Waals surface area contributed by atoms with Crippen LogP contribution in [0, 0.1) is 17.8 Å². The Kier molecular flexibility index (Phi) is 6.92. The lowest BCUT2D eigenvalue weighted by Gasteiger charge is -2.33. The van der Waals surface area contributed by atoms with Crippen LogP contribution >= 0.6 is 9.84 Å². The van der Waals surface area contributed by atoms with Crippen molar-refractivity contribution in [2.75, 3.05) is 13.2 Å². The van der Waals surface area contributed by atoms with Gasteiger partial charge in [-0.15, -0.1) is 0 Å². The van der Waals surface area contributed by atoms with Crippen molar-refractivity contribution >= 4 is 31.4 Å². The minimum absolute atomic E-state index is 0.416. The summed E-state index contributed by atoms with van der Waals surface area (Å²) < 4.78 is 18.9. The number of hydrogen-bond acceptors (Lipinski definition) is 2. The summed E-state index contributed by atoms with van der Waals surface area (Å²) in [6, 6.07) is 26.0. The Hall–Kier alpha value is -2.57. The zero-order chi connectivity index (χ0) is 24.9. The van der Waals surface area contributed by atoms with E-state index >= 15 is 0 Å². The van der Waals surface area contributed by atoms with Gasteiger partial charge in [0.25, 0.3) is 0 Å². The fourth-order valence-electron chi connectivity index (χ4n) is 6.33. The van der Waals surface area contributed by atoms with E-state index in [-0.39, 0.29) is 0 Å². The van der Waals surface area contributed by atoms with Gasteiger partial charge in [-0.05, 0) is 58.4 Å². The molecule has 2 aliphatic rings. The van der Waals surface area contributed by atoms with Crippen molar-refractivity contribution in [1.82, 2.24) is 0 Å². The quantitative estimate of drug-likeness (QED) is 0.270. The Balaban J connectivity index is 0.00000130. The van der Waals surface area contributed by atoms with Crippen LogP contribution in [0.15, 0.2) is 72.8 Å². The minimum Gasteiger partial charge on any atom is -0.577 e. The molecule has 0 bridgehead atoms. The lowest BCUT2D eigenvalue weighted by Crippen LogP contribution is -2.30. The van der Waals surface area contributed by atoms with Gasteiger partial charge in [0.05, 0.1) is 13.2 Å². The summed E-state index contributed by atoms with van der Waals surface area (Å²) in [5.74, 6) is 3.97. The van der Waals surface area contributed by atoms with Crippen LogP contribution in [0.5, 0.6) is 11.5 Å². The topological polar surface area (TPSA) is 18.5 Å². The molecular formula is C32H36O2P-. The highest BCUT2D eigenvalue weighted by Gasteiger charge is 2.30. The molecule has 35 heavy (non-hydrogen) atoms. The van der Waals surface area contributed by atoms with E-state index in [4.69, 9.17) is 10.8 Å². The standard InChI is InChI=1S/C32H34O2.H2P/c1-2-7-22-12-14-23(15-13-22)26-20-33-29-18-16-24-8-3-5-10-27(24)31(29)32-28-11-6-4-9-25(28)17-19-30(32)34-21-26;/h3-6,8-11,16-19,22-23,26H,2,7,12-15,20-21H2,1H3;1H2/q;-1/i;1D. The molecule has 2 nitrogen and oxygen atoms in total. The van der Waals surface area contributed by atoms with Crippen LogP contribution in [0.1, 0.15) is 45.4 Å². The maximum absolute atomic E-state index is 6.68. The first-order chi connectivity index (χ1) is 17.8. The van der Waals surface area contributed by atoms with Gasteiger partial charge in [-0.3, -0.25) is 0 Å². The second kappa shape index (κ2) is 10.6. The molecule has 1 aliphatic carbocycles. The molecule has 0 atom stereocenters. The summed E-state index contributed by atoms with van der Waals surface area (Å²) in [6.07, 6.45) is 8.01. The Bertz CT molecular complexity index is 1220. The Morgan fingerprint density at radius 1 is 0.686 bits per heavy atom. The first-order valence-electron chi connectivity index (χ1n) is 13.6. The average molecular weight is 485 g/mol. The fraction of sp³-hybridized carbons (Fsp3) is 0.375. The monoisotopic (exact) mass is 484 g/mol. The molecule has 0 spiro atoms. The highest BCUT2D eigenvalue weighted by molar-refractivity contribution is 6.92. The SMILES string of the molecule is CCCC1CCC(C2COc3ccc4ccccc4c3-c3c(ccc4ccccc34)OC2)CC1.[2H][PH-]. The predicted octanol–water partition coefficient (Wildman–Crippen LogP) is 8.98. The molecule has 0 saturated heterocycles. The summed E-state index contributed by atoms with van der Waals surface area (Å²) in [5, 5.41) is 4.90. The predicted molar refractivity (Wildman–Crippen MR) is 151 cm³/mol. The second-order valence-electron chi connectivity index (χ2n) is 10.3. The second-order valence-corrected chi connectivity index (χ2v) is 10.3. The lowest BCUT2D eigenvalue weighted by atomic mass is 9.75. The van der Waals surface area contributed by atoms with E-state index in [1.807, 2.05) is 0 Å². The molecule has 182 valence electrons. The van der Waals surface area contributed by atoms with Gasteiger partial charge in [-0.2, -0.15) is 0 Å². The van der Waals surface area contributed by atoms with Crippen molar-refractivity contribution in [2.24, 2.45) is 17.8 Å². The number of fused-ring (bicyclic) bond motifs is 7. The third-order valence-corrected chi connectivity index (χ3v) is 8.19. The highest BCUT2D eigenvalue weighted by atomic mass is 31.0. The molecule has 3 heteroatoms. The molecule has 1 fully saturated rings. The number of benzene rings is 4. The highest BCUT2D eigenvalue weighted by Crippen LogP contribution is 2.47. The van der Waals surface area contributed by atoms with Crippen molar-refractivity contribution in [3.63, 3.8) is 0 Å². The van der Waals surface area contributed by atoms with Crippen molar-refractivity contribution in [2.45, 2.75) is 45.4 Å². The van der Waals surface area contributed by atoms with E-state index in [9.17, 15) is 0 Å². The van der Waals surface area contributed by atoms with Crippen molar-refractivity contribution in [1.29, 1.82) is 1.28 Å². The van der Waals surface area contributed by atoms with E-state index in [1.54, 1.807) is 0 Å². The van der Waals surface area contributed by atoms with E-state index in [2.05, 4.69) is 89.6 Å². The molecule has 0 unspecified atom stereocenters. The largest absolute Gasteiger partial charge is 0.577 e. The van der Waals surface area contributed by atoms with Crippen LogP contribution in [0.25, 0.3) is 32.7 Å². The van der Waals surface area contributed by atoms with E-state index in [1.165, 1.54) is 60.1 Å². The summed E-state index contributed by atoms with van der Waals surface area (Å²) in [7, 11) is 2.22. The molecule has 6 rings (SSSR count). The summed E-state index contributed by atoms with van der Waals surface area (Å²) in [6.45, 7) is 3.76. The van der Waals surface area contributed by atoms with Gasteiger partial charge in [-0.25, -0.2) is 1.28 Å². The summed E-state index contributed by atoms with van der Waals surface area (Å²) in [5.41, 5.74) is 2.33. The van der Waals surface area contributed by atoms with E-state index < -0.39 is 0 Å². The molecular weight excluding hydrogens is 447 g/mol. The first kappa shape index (κ1) is 22.9. The first-order valence-corrected chi connectivity index (χ1v) is 13.1. The Morgan fingerprint density at radius 3 is 1.71 bits per heavy atom. The third-order valence-electron chi connectivity index (χ3n) is 8.19. The van der Waals surface area contributed by atoms with Gasteiger partial charge >= 0.3 is 0 Å². The van der Waals surface area contributed by atoms with Gasteiger partial charge < -0.3 is 19.3 Å². The van der Waals surface area contributed by atoms with Crippen LogP contribution in [0.3, 0.4) is 0 Å². The van der Waals surface area contributed by atoms with Crippen LogP contribution in [0.2, 0.25) is 0 Å². The molecule has 1 heterocycles. The van der Waals surface area contributed by atoms with Crippen LogP contribution in [0.4, 0.5) is 0 Å². The molecule has 1 aliphatic heterocycles. The minimum atomic E-state index is 0.416. The van der Waals surface area contributed by atoms with Gasteiger partial charge in [0.15, 0.2) is 0 Å². The zero-order valence-electron chi connectivity index (χ0n) is 21.6. The number of rotatable bonds is 3. The zero-order valence-corrected chi connectivity index (χ0v) is 21.6. The van der Waals surface area contributed by atoms with Gasteiger partial charge in [0.2, 0.25) is 0 Å². The number of ether oxygens (including phenoxy) is 2. The molecule has 4 aromatic rings. The summed E-state index contributed by atoms with van der Waals surface area (Å²) >= 11 is 0. The molecule has 0 radical (unpaired) electrons. The van der Waals surface area contributed by atoms with Crippen molar-refractivity contribution < 1.29 is 9.47 Å². The third kappa shape index (κ3) is 4.66. The molecule has 0 amide bonds. The molecule has 4 aromatic carbocycles. The van der Waals surface area contributed by atoms with Crippen LogP contribution in [-0.2, 0) is 0 Å². The fourth-order valence-corrected chi connectivity index (χ4v) is 6.33. The van der Waals surface area contributed by atoms with Crippen molar-refractivity contribution in [3.05, 3.63) is 72.8 Å². The molecule has 0 aromatic heterocycles. The maximum Gasteiger partial charge on any atom is 0.127 e. The average Bonchev–Trinajstić information content (AvgIpc) is 3.02. The number of hydrogen-bond donors (Lipinski definition) is 0.